The third-order valence-electron chi connectivity index (χ3n) is 4.61. The number of rotatable bonds is 0. The fourth-order valence-corrected chi connectivity index (χ4v) is 2.60. The van der Waals surface area contributed by atoms with Crippen LogP contribution in [0.15, 0.2) is 11.6 Å². The molecule has 0 saturated heterocycles. The van der Waals surface area contributed by atoms with Crippen molar-refractivity contribution in [2.24, 2.45) is 23.2 Å². The van der Waals surface area contributed by atoms with Crippen LogP contribution in [0.2, 0.25) is 0 Å². The van der Waals surface area contributed by atoms with Crippen LogP contribution >= 0.6 is 0 Å². The zero-order chi connectivity index (χ0) is 15.3. The first-order valence-electron chi connectivity index (χ1n) is 7.29. The number of ketones is 1. The molecule has 1 aliphatic rings. The van der Waals surface area contributed by atoms with E-state index in [1.54, 1.807) is 0 Å². The van der Waals surface area contributed by atoms with Gasteiger partial charge in [-0.05, 0) is 31.6 Å². The molecular formula is C17H24N2O. The Labute approximate surface area is 122 Å². The Balaban J connectivity index is 3.09. The van der Waals surface area contributed by atoms with Gasteiger partial charge in [0.05, 0.1) is 24.0 Å². The second-order valence-corrected chi connectivity index (χ2v) is 6.66. The lowest BCUT2D eigenvalue weighted by Gasteiger charge is -2.29. The Morgan fingerprint density at radius 2 is 1.95 bits per heavy atom. The number of carbonyl (C=O) groups excluding carboxylic acids is 1. The van der Waals surface area contributed by atoms with Gasteiger partial charge >= 0.3 is 0 Å². The third kappa shape index (κ3) is 3.94. The van der Waals surface area contributed by atoms with E-state index in [4.69, 9.17) is 0 Å². The molecule has 1 rings (SSSR count). The smallest absolute Gasteiger partial charge is 0.138 e. The number of hydrogen-bond acceptors (Lipinski definition) is 3. The van der Waals surface area contributed by atoms with Gasteiger partial charge in [-0.25, -0.2) is 0 Å². The van der Waals surface area contributed by atoms with Gasteiger partial charge in [0.2, 0.25) is 0 Å². The van der Waals surface area contributed by atoms with E-state index >= 15 is 0 Å². The van der Waals surface area contributed by atoms with E-state index in [0.29, 0.717) is 0 Å². The number of allylic oxidation sites excluding steroid dienone is 2. The molecule has 0 unspecified atom stereocenters. The monoisotopic (exact) mass is 272 g/mol. The lowest BCUT2D eigenvalue weighted by Crippen LogP contribution is -2.28. The number of carbonyl (C=O) groups is 1. The summed E-state index contributed by atoms with van der Waals surface area (Å²) in [4.78, 5) is 12.3. The van der Waals surface area contributed by atoms with Crippen molar-refractivity contribution in [3.05, 3.63) is 11.6 Å². The van der Waals surface area contributed by atoms with Gasteiger partial charge in [0, 0.05) is 12.3 Å². The van der Waals surface area contributed by atoms with Crippen LogP contribution in [-0.2, 0) is 4.79 Å². The van der Waals surface area contributed by atoms with E-state index < -0.39 is 0 Å². The summed E-state index contributed by atoms with van der Waals surface area (Å²) in [5.41, 5.74) is 1.04. The summed E-state index contributed by atoms with van der Waals surface area (Å²) in [5.74, 6) is -0.765. The molecule has 0 aromatic carbocycles. The summed E-state index contributed by atoms with van der Waals surface area (Å²) < 4.78 is 0. The Hall–Kier alpha value is -1.61. The van der Waals surface area contributed by atoms with Gasteiger partial charge in [-0.3, -0.25) is 4.79 Å². The van der Waals surface area contributed by atoms with Gasteiger partial charge in [-0.15, -0.1) is 0 Å². The van der Waals surface area contributed by atoms with Crippen molar-refractivity contribution in [3.63, 3.8) is 0 Å². The molecule has 1 aliphatic carbocycles. The highest BCUT2D eigenvalue weighted by atomic mass is 16.1. The Bertz CT molecular complexity index is 476. The largest absolute Gasteiger partial charge is 0.299 e. The van der Waals surface area contributed by atoms with Crippen LogP contribution in [0.1, 0.15) is 53.4 Å². The fraction of sp³-hybridized carbons (Fsp3) is 0.706. The Morgan fingerprint density at radius 1 is 1.30 bits per heavy atom. The fourth-order valence-electron chi connectivity index (χ4n) is 2.60. The van der Waals surface area contributed by atoms with Crippen molar-refractivity contribution in [2.45, 2.75) is 53.4 Å². The molecule has 0 heterocycles. The van der Waals surface area contributed by atoms with Crippen molar-refractivity contribution in [1.82, 2.24) is 0 Å². The Morgan fingerprint density at radius 3 is 2.50 bits per heavy atom. The molecule has 0 bridgehead atoms. The molecule has 0 N–H and O–H groups in total. The zero-order valence-electron chi connectivity index (χ0n) is 12.9. The van der Waals surface area contributed by atoms with E-state index in [-0.39, 0.29) is 35.4 Å². The minimum Gasteiger partial charge on any atom is -0.299 e. The van der Waals surface area contributed by atoms with Gasteiger partial charge in [-0.2, -0.15) is 10.5 Å². The van der Waals surface area contributed by atoms with Gasteiger partial charge in [-0.1, -0.05) is 32.4 Å². The van der Waals surface area contributed by atoms with Gasteiger partial charge in [0.1, 0.15) is 5.78 Å². The number of Topliss-reactive ketones (excluding diaryl/α,β-unsaturated/α-hetero) is 1. The van der Waals surface area contributed by atoms with E-state index in [0.717, 1.165) is 19.3 Å². The van der Waals surface area contributed by atoms with Gasteiger partial charge in [0.25, 0.3) is 0 Å². The molecule has 0 fully saturated rings. The molecule has 108 valence electrons. The van der Waals surface area contributed by atoms with Crippen LogP contribution in [0.25, 0.3) is 0 Å². The van der Waals surface area contributed by atoms with Crippen LogP contribution in [-0.4, -0.2) is 5.78 Å². The van der Waals surface area contributed by atoms with Crippen molar-refractivity contribution in [2.75, 3.05) is 0 Å². The summed E-state index contributed by atoms with van der Waals surface area (Å²) in [6, 6.07) is 4.56. The topological polar surface area (TPSA) is 64.7 Å². The maximum Gasteiger partial charge on any atom is 0.138 e. The summed E-state index contributed by atoms with van der Waals surface area (Å²) in [5, 5.41) is 18.6. The van der Waals surface area contributed by atoms with Gasteiger partial charge in [0.15, 0.2) is 0 Å². The van der Waals surface area contributed by atoms with Gasteiger partial charge < -0.3 is 0 Å². The number of hydrogen-bond donors (Lipinski definition) is 0. The molecule has 0 saturated carbocycles. The number of nitriles is 2. The minimum atomic E-state index is -0.293. The second kappa shape index (κ2) is 6.71. The van der Waals surface area contributed by atoms with E-state index in [1.807, 2.05) is 20.8 Å². The molecule has 20 heavy (non-hydrogen) atoms. The zero-order valence-corrected chi connectivity index (χ0v) is 12.9. The van der Waals surface area contributed by atoms with Crippen molar-refractivity contribution in [3.8, 4) is 12.1 Å². The molecule has 0 radical (unpaired) electrons. The van der Waals surface area contributed by atoms with Crippen LogP contribution in [0.5, 0.6) is 0 Å². The molecular weight excluding hydrogens is 248 g/mol. The first-order valence-corrected chi connectivity index (χ1v) is 7.29. The van der Waals surface area contributed by atoms with Crippen LogP contribution in [0.4, 0.5) is 0 Å². The highest BCUT2D eigenvalue weighted by Crippen LogP contribution is 2.36. The average molecular weight is 272 g/mol. The normalized spacial score (nSPS) is 34.0. The van der Waals surface area contributed by atoms with E-state index in [1.165, 1.54) is 5.57 Å². The molecule has 3 heteroatoms. The molecule has 3 atom stereocenters. The van der Waals surface area contributed by atoms with Crippen molar-refractivity contribution >= 4 is 5.78 Å². The van der Waals surface area contributed by atoms with Crippen LogP contribution in [0.3, 0.4) is 0 Å². The van der Waals surface area contributed by atoms with Crippen LogP contribution in [0, 0.1) is 45.8 Å². The SMILES string of the molecule is C/C1=C\CC(C)(C)[C@@H](C#N)CC(=O)[C@H](C)[C@H](C#N)CC1. The van der Waals surface area contributed by atoms with Crippen LogP contribution < -0.4 is 0 Å². The Kier molecular flexibility index (Phi) is 5.52. The molecule has 0 aromatic heterocycles. The first kappa shape index (κ1) is 16.4. The third-order valence-corrected chi connectivity index (χ3v) is 4.61. The highest BCUT2D eigenvalue weighted by molar-refractivity contribution is 5.81. The minimum absolute atomic E-state index is 0.0516. The molecule has 0 spiro atoms. The van der Waals surface area contributed by atoms with E-state index in [9.17, 15) is 15.3 Å². The second-order valence-electron chi connectivity index (χ2n) is 6.66. The first-order chi connectivity index (χ1) is 9.31. The number of nitrogens with zero attached hydrogens (tertiary/aromatic N) is 2. The summed E-state index contributed by atoms with van der Waals surface area (Å²) in [6.07, 6.45) is 4.80. The predicted octanol–water partition coefficient (Wildman–Crippen LogP) is 4.02. The van der Waals surface area contributed by atoms with E-state index in [2.05, 4.69) is 25.1 Å². The summed E-state index contributed by atoms with van der Waals surface area (Å²) in [7, 11) is 0. The molecule has 0 aliphatic heterocycles. The lowest BCUT2D eigenvalue weighted by atomic mass is 9.73. The summed E-state index contributed by atoms with van der Waals surface area (Å²) >= 11 is 0. The average Bonchev–Trinajstić information content (AvgIpc) is 2.42. The maximum absolute atomic E-state index is 12.3. The standard InChI is InChI=1S/C17H24N2O/c1-12-5-6-14(10-18)13(2)16(20)9-15(11-19)17(3,4)8-7-12/h7,13-15H,5-6,8-9H2,1-4H3/b12-7+/t13-,14+,15-/m1/s1. The molecule has 0 amide bonds. The van der Waals surface area contributed by atoms with Crippen molar-refractivity contribution < 1.29 is 4.79 Å². The summed E-state index contributed by atoms with van der Waals surface area (Å²) in [6.45, 7) is 7.98. The van der Waals surface area contributed by atoms with Crippen molar-refractivity contribution in [1.29, 1.82) is 10.5 Å². The predicted molar refractivity (Wildman–Crippen MR) is 78.4 cm³/mol. The molecule has 3 nitrogen and oxygen atoms in total. The maximum atomic E-state index is 12.3. The lowest BCUT2D eigenvalue weighted by molar-refractivity contribution is -0.124. The highest BCUT2D eigenvalue weighted by Gasteiger charge is 2.34. The molecule has 0 aromatic rings. The quantitative estimate of drug-likeness (QED) is 0.626.